The molecule has 2 amide bonds. The molecule has 1 aliphatic rings. The maximum Gasteiger partial charge on any atom is 0.410 e. The molecule has 1 rings (SSSR count). The Morgan fingerprint density at radius 3 is 2.14 bits per heavy atom. The highest BCUT2D eigenvalue weighted by atomic mass is 16.6. The lowest BCUT2D eigenvalue weighted by molar-refractivity contribution is 0.0269. The summed E-state index contributed by atoms with van der Waals surface area (Å²) in [5, 5.41) is 12.6. The molecule has 0 radical (unpaired) electrons. The molecule has 128 valence electrons. The number of ether oxygens (including phenoxy) is 2. The van der Waals surface area contributed by atoms with Crippen molar-refractivity contribution in [2.24, 2.45) is 5.92 Å². The summed E-state index contributed by atoms with van der Waals surface area (Å²) in [4.78, 5) is 25.0. The van der Waals surface area contributed by atoms with Crippen molar-refractivity contribution in [3.8, 4) is 0 Å². The Kier molecular flexibility index (Phi) is 5.67. The molecule has 0 aromatic heterocycles. The number of β-amino-alcohol motifs (C(OH)–C–C–N with tert-alkyl or cyclic N) is 1. The second-order valence-corrected chi connectivity index (χ2v) is 7.60. The van der Waals surface area contributed by atoms with Gasteiger partial charge in [-0.05, 0) is 41.5 Å². The fourth-order valence-electron chi connectivity index (χ4n) is 2.06. The van der Waals surface area contributed by atoms with Gasteiger partial charge in [-0.2, -0.15) is 0 Å². The Bertz CT molecular complexity index is 411. The first kappa shape index (κ1) is 18.5. The highest BCUT2D eigenvalue weighted by molar-refractivity contribution is 5.69. The number of hydrogen-bond acceptors (Lipinski definition) is 5. The molecule has 2 atom stereocenters. The second-order valence-electron chi connectivity index (χ2n) is 7.60. The van der Waals surface area contributed by atoms with Crippen molar-refractivity contribution in [1.29, 1.82) is 0 Å². The van der Waals surface area contributed by atoms with Gasteiger partial charge in [0.15, 0.2) is 0 Å². The lowest BCUT2D eigenvalue weighted by atomic mass is 10.1. The number of amides is 2. The lowest BCUT2D eigenvalue weighted by Gasteiger charge is -2.24. The number of carbonyl (C=O) groups excluding carboxylic acids is 2. The summed E-state index contributed by atoms with van der Waals surface area (Å²) in [5.41, 5.74) is -1.14. The van der Waals surface area contributed by atoms with Gasteiger partial charge < -0.3 is 24.8 Å². The second kappa shape index (κ2) is 6.73. The van der Waals surface area contributed by atoms with Crippen LogP contribution in [-0.4, -0.2) is 59.1 Å². The van der Waals surface area contributed by atoms with Crippen LogP contribution in [0.5, 0.6) is 0 Å². The Hall–Kier alpha value is -1.50. The highest BCUT2D eigenvalue weighted by Gasteiger charge is 2.36. The molecule has 2 unspecified atom stereocenters. The van der Waals surface area contributed by atoms with Gasteiger partial charge in [-0.1, -0.05) is 0 Å². The van der Waals surface area contributed by atoms with Crippen LogP contribution in [0.25, 0.3) is 0 Å². The molecule has 22 heavy (non-hydrogen) atoms. The monoisotopic (exact) mass is 316 g/mol. The van der Waals surface area contributed by atoms with E-state index in [-0.39, 0.29) is 19.0 Å². The maximum absolute atomic E-state index is 12.0. The van der Waals surface area contributed by atoms with Crippen LogP contribution in [0.2, 0.25) is 0 Å². The Labute approximate surface area is 131 Å². The molecule has 0 bridgehead atoms. The molecule has 2 N–H and O–H groups in total. The number of rotatable bonds is 2. The quantitative estimate of drug-likeness (QED) is 0.810. The van der Waals surface area contributed by atoms with Gasteiger partial charge in [-0.25, -0.2) is 9.59 Å². The van der Waals surface area contributed by atoms with Gasteiger partial charge in [0.1, 0.15) is 11.2 Å². The predicted molar refractivity (Wildman–Crippen MR) is 81.5 cm³/mol. The molecular weight excluding hydrogens is 288 g/mol. The predicted octanol–water partition coefficient (Wildman–Crippen LogP) is 1.74. The van der Waals surface area contributed by atoms with Crippen LogP contribution in [0, 0.1) is 5.92 Å². The lowest BCUT2D eigenvalue weighted by Crippen LogP contribution is -2.38. The van der Waals surface area contributed by atoms with E-state index in [1.54, 1.807) is 41.5 Å². The van der Waals surface area contributed by atoms with Gasteiger partial charge in [0.25, 0.3) is 0 Å². The Morgan fingerprint density at radius 1 is 1.09 bits per heavy atom. The van der Waals surface area contributed by atoms with Crippen LogP contribution in [-0.2, 0) is 9.47 Å². The summed E-state index contributed by atoms with van der Waals surface area (Å²) in [6, 6.07) is 0. The van der Waals surface area contributed by atoms with Crippen LogP contribution in [0.4, 0.5) is 9.59 Å². The minimum absolute atomic E-state index is 0.204. The van der Waals surface area contributed by atoms with Crippen molar-refractivity contribution in [3.63, 3.8) is 0 Å². The van der Waals surface area contributed by atoms with E-state index in [0.29, 0.717) is 6.54 Å². The van der Waals surface area contributed by atoms with Gasteiger partial charge in [-0.15, -0.1) is 0 Å². The van der Waals surface area contributed by atoms with Gasteiger partial charge in [0.2, 0.25) is 0 Å². The van der Waals surface area contributed by atoms with Crippen molar-refractivity contribution in [3.05, 3.63) is 0 Å². The van der Waals surface area contributed by atoms with Crippen LogP contribution in [0.1, 0.15) is 41.5 Å². The summed E-state index contributed by atoms with van der Waals surface area (Å²) in [6.07, 6.45) is -1.68. The Morgan fingerprint density at radius 2 is 1.64 bits per heavy atom. The molecule has 7 nitrogen and oxygen atoms in total. The molecule has 0 aliphatic carbocycles. The Balaban J connectivity index is 2.44. The third-order valence-electron chi connectivity index (χ3n) is 2.97. The summed E-state index contributed by atoms with van der Waals surface area (Å²) in [7, 11) is 0. The van der Waals surface area contributed by atoms with Gasteiger partial charge in [-0.3, -0.25) is 0 Å². The zero-order chi connectivity index (χ0) is 17.1. The van der Waals surface area contributed by atoms with E-state index in [1.807, 2.05) is 0 Å². The number of carbonyl (C=O) groups is 2. The molecular formula is C15H28N2O5. The average molecular weight is 316 g/mol. The molecule has 0 spiro atoms. The van der Waals surface area contributed by atoms with E-state index in [2.05, 4.69) is 5.32 Å². The number of likely N-dealkylation sites (tertiary alicyclic amines) is 1. The normalized spacial score (nSPS) is 22.4. The van der Waals surface area contributed by atoms with E-state index in [1.165, 1.54) is 4.90 Å². The standard InChI is InChI=1S/C15H28N2O5/c1-14(2,3)21-12(19)16-7-10-8-17(9-11(10)18)13(20)22-15(4,5)6/h10-11,18H,7-9H2,1-6H3,(H,16,19). The largest absolute Gasteiger partial charge is 0.444 e. The topological polar surface area (TPSA) is 88.1 Å². The van der Waals surface area contributed by atoms with Gasteiger partial charge in [0.05, 0.1) is 12.6 Å². The van der Waals surface area contributed by atoms with E-state index in [0.717, 1.165) is 0 Å². The van der Waals surface area contributed by atoms with Crippen LogP contribution in [0.3, 0.4) is 0 Å². The van der Waals surface area contributed by atoms with Crippen molar-refractivity contribution < 1.29 is 24.2 Å². The molecule has 1 fully saturated rings. The minimum Gasteiger partial charge on any atom is -0.444 e. The summed E-state index contributed by atoms with van der Waals surface area (Å²) in [6.45, 7) is 11.5. The molecule has 0 aromatic rings. The van der Waals surface area contributed by atoms with Crippen LogP contribution >= 0.6 is 0 Å². The molecule has 1 aliphatic heterocycles. The number of aliphatic hydroxyl groups is 1. The number of alkyl carbamates (subject to hydrolysis) is 1. The number of hydrogen-bond donors (Lipinski definition) is 2. The van der Waals surface area contributed by atoms with E-state index in [4.69, 9.17) is 9.47 Å². The molecule has 1 saturated heterocycles. The SMILES string of the molecule is CC(C)(C)OC(=O)NCC1CN(C(=O)OC(C)(C)C)CC1O. The average Bonchev–Trinajstić information content (AvgIpc) is 2.63. The van der Waals surface area contributed by atoms with E-state index < -0.39 is 29.5 Å². The fraction of sp³-hybridized carbons (Fsp3) is 0.867. The fourth-order valence-corrected chi connectivity index (χ4v) is 2.06. The molecule has 7 heteroatoms. The third kappa shape index (κ3) is 6.51. The zero-order valence-electron chi connectivity index (χ0n) is 14.3. The van der Waals surface area contributed by atoms with E-state index >= 15 is 0 Å². The summed E-state index contributed by atoms with van der Waals surface area (Å²) < 4.78 is 10.4. The smallest absolute Gasteiger partial charge is 0.410 e. The van der Waals surface area contributed by atoms with Crippen molar-refractivity contribution in [2.45, 2.75) is 58.8 Å². The first-order valence-corrected chi connectivity index (χ1v) is 7.50. The first-order chi connectivity index (χ1) is 9.87. The summed E-state index contributed by atoms with van der Waals surface area (Å²) >= 11 is 0. The first-order valence-electron chi connectivity index (χ1n) is 7.50. The van der Waals surface area contributed by atoms with E-state index in [9.17, 15) is 14.7 Å². The van der Waals surface area contributed by atoms with Crippen molar-refractivity contribution in [2.75, 3.05) is 19.6 Å². The van der Waals surface area contributed by atoms with Crippen LogP contribution < -0.4 is 5.32 Å². The summed E-state index contributed by atoms with van der Waals surface area (Å²) in [5.74, 6) is -0.236. The highest BCUT2D eigenvalue weighted by Crippen LogP contribution is 2.19. The number of aliphatic hydroxyl groups excluding tert-OH is 1. The molecule has 0 saturated carbocycles. The van der Waals surface area contributed by atoms with Crippen LogP contribution in [0.15, 0.2) is 0 Å². The minimum atomic E-state index is -0.692. The number of nitrogens with zero attached hydrogens (tertiary/aromatic N) is 1. The molecule has 0 aromatic carbocycles. The third-order valence-corrected chi connectivity index (χ3v) is 2.97. The van der Waals surface area contributed by atoms with Crippen molar-refractivity contribution >= 4 is 12.2 Å². The maximum atomic E-state index is 12.0. The number of nitrogens with one attached hydrogen (secondary N) is 1. The molecule has 1 heterocycles. The zero-order valence-corrected chi connectivity index (χ0v) is 14.3. The van der Waals surface area contributed by atoms with Gasteiger partial charge in [0, 0.05) is 19.0 Å². The van der Waals surface area contributed by atoms with Gasteiger partial charge >= 0.3 is 12.2 Å². The van der Waals surface area contributed by atoms with Crippen molar-refractivity contribution in [1.82, 2.24) is 10.2 Å².